The zero-order chi connectivity index (χ0) is 19.1. The molecule has 9 heteroatoms. The Kier molecular flexibility index (Phi) is 4.57. The number of benzene rings is 2. The number of phenolic OH excluding ortho intramolecular Hbond substituents is 1. The van der Waals surface area contributed by atoms with Crippen molar-refractivity contribution in [2.75, 3.05) is 12.4 Å². The average molecular weight is 430 g/mol. The third kappa shape index (κ3) is 3.62. The van der Waals surface area contributed by atoms with E-state index in [4.69, 9.17) is 4.74 Å². The molecular weight excluding hydrogens is 419 g/mol. The first-order valence-corrected chi connectivity index (χ1v) is 7.97. The molecule has 3 rings (SSSR count). The molecule has 2 N–H and O–H groups in total. The summed E-state index contributed by atoms with van der Waals surface area (Å²) in [6.07, 6.45) is -3.35. The number of aromatic hydroxyl groups is 1. The molecule has 0 unspecified atom stereocenters. The normalized spacial score (nSPS) is 15.0. The van der Waals surface area contributed by atoms with Gasteiger partial charge < -0.3 is 19.9 Å². The first-order chi connectivity index (χ1) is 12.2. The number of phenols is 1. The fourth-order valence-corrected chi connectivity index (χ4v) is 2.97. The molecule has 0 atom stereocenters. The number of hydrogen-bond acceptors (Lipinski definition) is 4. The third-order valence-corrected chi connectivity index (χ3v) is 4.19. The van der Waals surface area contributed by atoms with Gasteiger partial charge in [-0.3, -0.25) is 4.79 Å². The highest BCUT2D eigenvalue weighted by molar-refractivity contribution is 9.10. The summed E-state index contributed by atoms with van der Waals surface area (Å²) in [4.78, 5) is 12.2. The Labute approximate surface area is 154 Å². The number of hydrogen-bond donors (Lipinski definition) is 2. The highest BCUT2D eigenvalue weighted by Crippen LogP contribution is 2.39. The van der Waals surface area contributed by atoms with Crippen LogP contribution in [0.2, 0.25) is 0 Å². The second-order valence-corrected chi connectivity index (χ2v) is 6.18. The van der Waals surface area contributed by atoms with E-state index < -0.39 is 18.0 Å². The fraction of sp³-hybridized carbons (Fsp3) is 0.118. The topological polar surface area (TPSA) is 67.8 Å². The number of fused-ring (bicyclic) bond motifs is 1. The lowest BCUT2D eigenvalue weighted by Gasteiger charge is -2.10. The zero-order valence-corrected chi connectivity index (χ0v) is 14.7. The Hall–Kier alpha value is -2.68. The van der Waals surface area contributed by atoms with Crippen molar-refractivity contribution in [3.63, 3.8) is 0 Å². The molecule has 1 aliphatic heterocycles. The molecular formula is C17H11BrF3NO4. The van der Waals surface area contributed by atoms with Crippen molar-refractivity contribution < 1.29 is 32.5 Å². The van der Waals surface area contributed by atoms with Crippen LogP contribution in [0.15, 0.2) is 34.8 Å². The van der Waals surface area contributed by atoms with Crippen molar-refractivity contribution in [1.82, 2.24) is 0 Å². The second-order valence-electron chi connectivity index (χ2n) is 5.32. The van der Waals surface area contributed by atoms with E-state index in [1.54, 1.807) is 6.07 Å². The van der Waals surface area contributed by atoms with Gasteiger partial charge in [-0.25, -0.2) is 0 Å². The van der Waals surface area contributed by atoms with Gasteiger partial charge in [0.1, 0.15) is 5.75 Å². The maximum absolute atomic E-state index is 12.4. The number of nitrogens with one attached hydrogen (secondary N) is 1. The summed E-state index contributed by atoms with van der Waals surface area (Å²) in [6, 6.07) is 6.64. The molecule has 1 heterocycles. The SMILES string of the molecule is COc1cc(C=C2C(=O)Nc3ccc(OC(F)(F)F)cc32)cc(Br)c1O. The van der Waals surface area contributed by atoms with E-state index in [2.05, 4.69) is 26.0 Å². The number of alkyl halides is 3. The van der Waals surface area contributed by atoms with Gasteiger partial charge in [0, 0.05) is 16.8 Å². The van der Waals surface area contributed by atoms with Gasteiger partial charge in [-0.1, -0.05) is 0 Å². The van der Waals surface area contributed by atoms with Crippen molar-refractivity contribution in [3.05, 3.63) is 45.9 Å². The summed E-state index contributed by atoms with van der Waals surface area (Å²) in [5.74, 6) is -0.818. The van der Waals surface area contributed by atoms with E-state index in [9.17, 15) is 23.1 Å². The smallest absolute Gasteiger partial charge is 0.503 e. The summed E-state index contributed by atoms with van der Waals surface area (Å²) in [5.41, 5.74) is 1.32. The van der Waals surface area contributed by atoms with Crippen LogP contribution in [0.1, 0.15) is 11.1 Å². The standard InChI is InChI=1S/C17H11BrF3NO4/c1-25-14-6-8(5-12(18)15(14)23)4-11-10-7-9(26-17(19,20)21)2-3-13(10)22-16(11)24/h2-7,23H,1H3,(H,22,24). The minimum absolute atomic E-state index is 0.105. The van der Waals surface area contributed by atoms with Gasteiger partial charge in [0.2, 0.25) is 0 Å². The number of ether oxygens (including phenoxy) is 2. The van der Waals surface area contributed by atoms with Crippen LogP contribution >= 0.6 is 15.9 Å². The maximum atomic E-state index is 12.4. The van der Waals surface area contributed by atoms with Gasteiger partial charge in [-0.05, 0) is 57.9 Å². The molecule has 0 bridgehead atoms. The predicted molar refractivity (Wildman–Crippen MR) is 92.0 cm³/mol. The van der Waals surface area contributed by atoms with Gasteiger partial charge in [0.25, 0.3) is 5.91 Å². The highest BCUT2D eigenvalue weighted by Gasteiger charge is 2.32. The third-order valence-electron chi connectivity index (χ3n) is 3.59. The molecule has 0 aliphatic carbocycles. The monoisotopic (exact) mass is 429 g/mol. The number of carbonyl (C=O) groups excluding carboxylic acids is 1. The largest absolute Gasteiger partial charge is 0.573 e. The number of anilines is 1. The van der Waals surface area contributed by atoms with E-state index >= 15 is 0 Å². The second kappa shape index (κ2) is 6.56. The highest BCUT2D eigenvalue weighted by atomic mass is 79.9. The van der Waals surface area contributed by atoms with Gasteiger partial charge in [0.15, 0.2) is 11.5 Å². The van der Waals surface area contributed by atoms with Gasteiger partial charge in [-0.15, -0.1) is 13.2 Å². The van der Waals surface area contributed by atoms with E-state index in [-0.39, 0.29) is 22.6 Å². The van der Waals surface area contributed by atoms with Crippen LogP contribution < -0.4 is 14.8 Å². The lowest BCUT2D eigenvalue weighted by Crippen LogP contribution is -2.17. The van der Waals surface area contributed by atoms with E-state index in [1.807, 2.05) is 0 Å². The lowest BCUT2D eigenvalue weighted by atomic mass is 10.0. The number of carbonyl (C=O) groups is 1. The predicted octanol–water partition coefficient (Wildman–Crippen LogP) is 4.55. The molecule has 1 amide bonds. The van der Waals surface area contributed by atoms with Crippen molar-refractivity contribution in [3.8, 4) is 17.2 Å². The van der Waals surface area contributed by atoms with Gasteiger partial charge in [-0.2, -0.15) is 0 Å². The number of amides is 1. The van der Waals surface area contributed by atoms with Crippen molar-refractivity contribution in [2.24, 2.45) is 0 Å². The van der Waals surface area contributed by atoms with E-state index in [1.165, 1.54) is 25.3 Å². The van der Waals surface area contributed by atoms with Crippen LogP contribution in [0.25, 0.3) is 11.6 Å². The average Bonchev–Trinajstić information content (AvgIpc) is 2.84. The molecule has 136 valence electrons. The summed E-state index contributed by atoms with van der Waals surface area (Å²) >= 11 is 3.17. The summed E-state index contributed by atoms with van der Waals surface area (Å²) in [6.45, 7) is 0. The van der Waals surface area contributed by atoms with Crippen LogP contribution in [-0.4, -0.2) is 24.5 Å². The number of halogens is 4. The van der Waals surface area contributed by atoms with Crippen LogP contribution in [0, 0.1) is 0 Å². The fourth-order valence-electron chi connectivity index (χ4n) is 2.51. The first kappa shape index (κ1) is 18.1. The number of rotatable bonds is 3. The molecule has 0 spiro atoms. The molecule has 2 aromatic carbocycles. The summed E-state index contributed by atoms with van der Waals surface area (Å²) in [5, 5.41) is 12.4. The van der Waals surface area contributed by atoms with Gasteiger partial charge in [0.05, 0.1) is 11.6 Å². The lowest BCUT2D eigenvalue weighted by molar-refractivity contribution is -0.274. The Bertz CT molecular complexity index is 925. The van der Waals surface area contributed by atoms with E-state index in [0.717, 1.165) is 12.1 Å². The van der Waals surface area contributed by atoms with Crippen LogP contribution in [0.5, 0.6) is 17.2 Å². The van der Waals surface area contributed by atoms with E-state index in [0.29, 0.717) is 15.7 Å². The Morgan fingerprint density at radius 3 is 2.62 bits per heavy atom. The molecule has 1 aliphatic rings. The molecule has 5 nitrogen and oxygen atoms in total. The molecule has 0 radical (unpaired) electrons. The molecule has 26 heavy (non-hydrogen) atoms. The van der Waals surface area contributed by atoms with Gasteiger partial charge >= 0.3 is 6.36 Å². The minimum atomic E-state index is -4.83. The molecule has 0 aromatic heterocycles. The van der Waals surface area contributed by atoms with Crippen LogP contribution in [0.3, 0.4) is 0 Å². The first-order valence-electron chi connectivity index (χ1n) is 7.17. The molecule has 2 aromatic rings. The quantitative estimate of drug-likeness (QED) is 0.702. The molecule has 0 saturated carbocycles. The van der Waals surface area contributed by atoms with Crippen LogP contribution in [0.4, 0.5) is 18.9 Å². The number of methoxy groups -OCH3 is 1. The Morgan fingerprint density at radius 2 is 1.96 bits per heavy atom. The van der Waals surface area contributed by atoms with Crippen molar-refractivity contribution >= 4 is 39.2 Å². The van der Waals surface area contributed by atoms with Crippen LogP contribution in [-0.2, 0) is 4.79 Å². The summed E-state index contributed by atoms with van der Waals surface area (Å²) < 4.78 is 46.5. The Morgan fingerprint density at radius 1 is 1.23 bits per heavy atom. The van der Waals surface area contributed by atoms with Crippen molar-refractivity contribution in [2.45, 2.75) is 6.36 Å². The maximum Gasteiger partial charge on any atom is 0.573 e. The van der Waals surface area contributed by atoms with Crippen molar-refractivity contribution in [1.29, 1.82) is 0 Å². The molecule has 0 saturated heterocycles. The Balaban J connectivity index is 2.05. The molecule has 0 fully saturated rings. The zero-order valence-electron chi connectivity index (χ0n) is 13.1. The summed E-state index contributed by atoms with van der Waals surface area (Å²) in [7, 11) is 1.37. The minimum Gasteiger partial charge on any atom is -0.503 e.